The summed E-state index contributed by atoms with van der Waals surface area (Å²) < 4.78 is 12.3. The van der Waals surface area contributed by atoms with Crippen molar-refractivity contribution in [2.75, 3.05) is 7.11 Å². The van der Waals surface area contributed by atoms with Crippen LogP contribution in [0.5, 0.6) is 11.5 Å². The minimum absolute atomic E-state index is 0.191. The van der Waals surface area contributed by atoms with E-state index < -0.39 is 0 Å². The van der Waals surface area contributed by atoms with Gasteiger partial charge in [-0.2, -0.15) is 0 Å². The van der Waals surface area contributed by atoms with Crippen molar-refractivity contribution in [3.8, 4) is 34.1 Å². The zero-order chi connectivity index (χ0) is 17.9. The van der Waals surface area contributed by atoms with Crippen LogP contribution < -0.4 is 4.74 Å². The first-order valence-corrected chi connectivity index (χ1v) is 8.01. The van der Waals surface area contributed by atoms with Crippen LogP contribution in [-0.2, 0) is 6.54 Å². The Kier molecular flexibility index (Phi) is 4.10. The van der Waals surface area contributed by atoms with Gasteiger partial charge in [-0.1, -0.05) is 34.6 Å². The van der Waals surface area contributed by atoms with Gasteiger partial charge in [0.15, 0.2) is 5.76 Å². The summed E-state index contributed by atoms with van der Waals surface area (Å²) in [6, 6.07) is 16.3. The Morgan fingerprint density at radius 1 is 1.08 bits per heavy atom. The Hall–Kier alpha value is -3.61. The molecule has 0 atom stereocenters. The number of phenols is 1. The lowest BCUT2D eigenvalue weighted by molar-refractivity contribution is 0.411. The van der Waals surface area contributed by atoms with Crippen LogP contribution in [0.2, 0.25) is 0 Å². The van der Waals surface area contributed by atoms with Crippen molar-refractivity contribution in [2.24, 2.45) is 0 Å². The molecule has 2 aromatic carbocycles. The third kappa shape index (κ3) is 3.27. The van der Waals surface area contributed by atoms with Crippen molar-refractivity contribution in [1.29, 1.82) is 0 Å². The number of nitrogens with zero attached hydrogens (tertiary/aromatic N) is 4. The molecule has 0 aliphatic rings. The molecular weight excluding hydrogens is 332 g/mol. The van der Waals surface area contributed by atoms with E-state index in [0.717, 1.165) is 22.6 Å². The maximum atomic E-state index is 9.58. The second kappa shape index (κ2) is 6.72. The Balaban J connectivity index is 1.53. The molecule has 2 aromatic heterocycles. The second-order valence-electron chi connectivity index (χ2n) is 5.77. The van der Waals surface area contributed by atoms with Crippen molar-refractivity contribution >= 4 is 0 Å². The third-order valence-corrected chi connectivity index (χ3v) is 3.92. The molecule has 4 rings (SSSR count). The highest BCUT2D eigenvalue weighted by Crippen LogP contribution is 2.25. The number of hydrogen-bond donors (Lipinski definition) is 1. The molecule has 0 saturated carbocycles. The lowest BCUT2D eigenvalue weighted by atomic mass is 10.1. The number of methoxy groups -OCH3 is 1. The summed E-state index contributed by atoms with van der Waals surface area (Å²) in [6.07, 6.45) is 1.80. The highest BCUT2D eigenvalue weighted by atomic mass is 16.5. The van der Waals surface area contributed by atoms with E-state index in [9.17, 15) is 5.11 Å². The highest BCUT2D eigenvalue weighted by molar-refractivity contribution is 5.60. The van der Waals surface area contributed by atoms with Crippen molar-refractivity contribution in [1.82, 2.24) is 20.2 Å². The smallest absolute Gasteiger partial charge is 0.167 e. The fraction of sp³-hybridized carbons (Fsp3) is 0.105. The molecule has 0 bridgehead atoms. The van der Waals surface area contributed by atoms with Gasteiger partial charge in [-0.05, 0) is 24.3 Å². The Morgan fingerprint density at radius 3 is 2.77 bits per heavy atom. The first-order chi connectivity index (χ1) is 12.7. The molecule has 7 nitrogen and oxygen atoms in total. The van der Waals surface area contributed by atoms with E-state index >= 15 is 0 Å². The van der Waals surface area contributed by atoms with Crippen molar-refractivity contribution < 1.29 is 14.4 Å². The fourth-order valence-corrected chi connectivity index (χ4v) is 2.64. The predicted molar refractivity (Wildman–Crippen MR) is 94.7 cm³/mol. The molecule has 7 heteroatoms. The second-order valence-corrected chi connectivity index (χ2v) is 5.77. The number of ether oxygens (including phenoxy) is 1. The Morgan fingerprint density at radius 2 is 1.92 bits per heavy atom. The van der Waals surface area contributed by atoms with E-state index in [0.29, 0.717) is 18.0 Å². The third-order valence-electron chi connectivity index (χ3n) is 3.92. The molecule has 1 N–H and O–H groups in total. The standard InChI is InChI=1S/C19H16N4O3/c1-25-17-7-3-5-14(9-17)19-10-15(21-26-19)11-23-12-18(20-22-23)13-4-2-6-16(24)8-13/h2-10,12,24H,11H2,1H3. The van der Waals surface area contributed by atoms with Gasteiger partial charge < -0.3 is 14.4 Å². The molecule has 0 spiro atoms. The number of hydrogen-bond acceptors (Lipinski definition) is 6. The molecule has 4 aromatic rings. The van der Waals surface area contributed by atoms with Crippen LogP contribution in [-0.4, -0.2) is 32.4 Å². The quantitative estimate of drug-likeness (QED) is 0.595. The first-order valence-electron chi connectivity index (χ1n) is 8.01. The van der Waals surface area contributed by atoms with Crippen LogP contribution in [0.25, 0.3) is 22.6 Å². The van der Waals surface area contributed by atoms with Gasteiger partial charge >= 0.3 is 0 Å². The van der Waals surface area contributed by atoms with E-state index in [1.807, 2.05) is 36.4 Å². The van der Waals surface area contributed by atoms with Gasteiger partial charge in [-0.15, -0.1) is 5.10 Å². The van der Waals surface area contributed by atoms with Crippen LogP contribution in [0.3, 0.4) is 0 Å². The van der Waals surface area contributed by atoms with Crippen LogP contribution in [0.4, 0.5) is 0 Å². The van der Waals surface area contributed by atoms with E-state index in [2.05, 4.69) is 15.5 Å². The molecule has 130 valence electrons. The molecule has 2 heterocycles. The van der Waals surface area contributed by atoms with E-state index in [1.54, 1.807) is 36.2 Å². The van der Waals surface area contributed by atoms with Crippen LogP contribution in [0.15, 0.2) is 65.3 Å². The minimum atomic E-state index is 0.191. The summed E-state index contributed by atoms with van der Waals surface area (Å²) in [6.45, 7) is 0.430. The van der Waals surface area contributed by atoms with Gasteiger partial charge in [0, 0.05) is 17.2 Å². The number of aromatic nitrogens is 4. The predicted octanol–water partition coefficient (Wildman–Crippen LogP) is 3.36. The molecule has 0 fully saturated rings. The van der Waals surface area contributed by atoms with Crippen molar-refractivity contribution in [2.45, 2.75) is 6.54 Å². The number of benzene rings is 2. The molecule has 0 amide bonds. The summed E-state index contributed by atoms with van der Waals surface area (Å²) in [7, 11) is 1.62. The lowest BCUT2D eigenvalue weighted by Gasteiger charge is -2.00. The van der Waals surface area contributed by atoms with E-state index in [4.69, 9.17) is 9.26 Å². The monoisotopic (exact) mass is 348 g/mol. The fourth-order valence-electron chi connectivity index (χ4n) is 2.64. The molecular formula is C19H16N4O3. The van der Waals surface area contributed by atoms with E-state index in [-0.39, 0.29) is 5.75 Å². The average molecular weight is 348 g/mol. The number of rotatable bonds is 5. The zero-order valence-electron chi connectivity index (χ0n) is 14.0. The lowest BCUT2D eigenvalue weighted by Crippen LogP contribution is -2.00. The molecule has 0 radical (unpaired) electrons. The van der Waals surface area contributed by atoms with Gasteiger partial charge in [-0.25, -0.2) is 4.68 Å². The maximum Gasteiger partial charge on any atom is 0.167 e. The summed E-state index contributed by atoms with van der Waals surface area (Å²) in [5.74, 6) is 1.61. The Bertz CT molecular complexity index is 1040. The molecule has 0 unspecified atom stereocenters. The summed E-state index contributed by atoms with van der Waals surface area (Å²) >= 11 is 0. The SMILES string of the molecule is COc1cccc(-c2cc(Cn3cc(-c4cccc(O)c4)nn3)no2)c1. The zero-order valence-corrected chi connectivity index (χ0v) is 14.0. The van der Waals surface area contributed by atoms with Crippen molar-refractivity contribution in [3.63, 3.8) is 0 Å². The Labute approximate surface area is 149 Å². The van der Waals surface area contributed by atoms with Gasteiger partial charge in [-0.3, -0.25) is 0 Å². The molecule has 0 saturated heterocycles. The average Bonchev–Trinajstić information content (AvgIpc) is 3.32. The largest absolute Gasteiger partial charge is 0.508 e. The summed E-state index contributed by atoms with van der Waals surface area (Å²) in [5, 5.41) is 21.9. The molecule has 0 aliphatic heterocycles. The number of aromatic hydroxyl groups is 1. The topological polar surface area (TPSA) is 86.2 Å². The van der Waals surface area contributed by atoms with Gasteiger partial charge in [0.25, 0.3) is 0 Å². The van der Waals surface area contributed by atoms with Crippen LogP contribution in [0, 0.1) is 0 Å². The van der Waals surface area contributed by atoms with E-state index in [1.165, 1.54) is 0 Å². The summed E-state index contributed by atoms with van der Waals surface area (Å²) in [4.78, 5) is 0. The molecule has 26 heavy (non-hydrogen) atoms. The van der Waals surface area contributed by atoms with Crippen LogP contribution >= 0.6 is 0 Å². The number of phenolic OH excluding ortho intramolecular Hbond substituents is 1. The highest BCUT2D eigenvalue weighted by Gasteiger charge is 2.10. The summed E-state index contributed by atoms with van der Waals surface area (Å²) in [5.41, 5.74) is 3.10. The molecule has 0 aliphatic carbocycles. The maximum absolute atomic E-state index is 9.58. The van der Waals surface area contributed by atoms with Crippen molar-refractivity contribution in [3.05, 3.63) is 66.5 Å². The van der Waals surface area contributed by atoms with Gasteiger partial charge in [0.2, 0.25) is 0 Å². The minimum Gasteiger partial charge on any atom is -0.508 e. The van der Waals surface area contributed by atoms with Gasteiger partial charge in [0.1, 0.15) is 22.9 Å². The normalized spacial score (nSPS) is 10.8. The van der Waals surface area contributed by atoms with Crippen LogP contribution in [0.1, 0.15) is 5.69 Å². The van der Waals surface area contributed by atoms with Gasteiger partial charge in [0.05, 0.1) is 19.9 Å². The first kappa shape index (κ1) is 15.9.